The van der Waals surface area contributed by atoms with Crippen molar-refractivity contribution in [3.8, 4) is 11.1 Å². The Morgan fingerprint density at radius 1 is 1.07 bits per heavy atom. The van der Waals surface area contributed by atoms with Crippen LogP contribution in [-0.4, -0.2) is 60.0 Å². The van der Waals surface area contributed by atoms with E-state index in [-0.39, 0.29) is 0 Å². The van der Waals surface area contributed by atoms with Gasteiger partial charge in [-0.15, -0.1) is 5.10 Å². The predicted octanol–water partition coefficient (Wildman–Crippen LogP) is 3.29. The number of anilines is 1. The molecule has 0 unspecified atom stereocenters. The summed E-state index contributed by atoms with van der Waals surface area (Å²) in [5.74, 6) is 1.42. The summed E-state index contributed by atoms with van der Waals surface area (Å²) in [6.45, 7) is 2.12. The second-order valence-corrected chi connectivity index (χ2v) is 8.37. The maximum absolute atomic E-state index is 4.70. The maximum atomic E-state index is 4.70. The van der Waals surface area contributed by atoms with Gasteiger partial charge in [0.2, 0.25) is 11.7 Å². The number of aryl methyl sites for hydroxylation is 1. The second-order valence-electron chi connectivity index (χ2n) is 8.37. The highest BCUT2D eigenvalue weighted by Gasteiger charge is 2.23. The Labute approximate surface area is 176 Å². The summed E-state index contributed by atoms with van der Waals surface area (Å²) in [6, 6.07) is 3.20. The Morgan fingerprint density at radius 2 is 1.87 bits per heavy atom. The van der Waals surface area contributed by atoms with Crippen LogP contribution in [0.3, 0.4) is 0 Å². The van der Waals surface area contributed by atoms with Crippen molar-refractivity contribution in [3.05, 3.63) is 42.7 Å². The molecule has 0 spiro atoms. The van der Waals surface area contributed by atoms with E-state index in [9.17, 15) is 0 Å². The molecule has 1 fully saturated rings. The van der Waals surface area contributed by atoms with Crippen molar-refractivity contribution in [1.29, 1.82) is 0 Å². The molecule has 1 N–H and O–H groups in total. The van der Waals surface area contributed by atoms with E-state index in [0.29, 0.717) is 18.0 Å². The number of rotatable bonds is 5. The van der Waals surface area contributed by atoms with Gasteiger partial charge >= 0.3 is 0 Å². The van der Waals surface area contributed by atoms with E-state index >= 15 is 0 Å². The van der Waals surface area contributed by atoms with Crippen LogP contribution in [0.1, 0.15) is 38.3 Å². The Balaban J connectivity index is 1.38. The van der Waals surface area contributed by atoms with E-state index in [1.807, 2.05) is 29.3 Å². The number of nitrogens with zero attached hydrogens (tertiary/aromatic N) is 7. The van der Waals surface area contributed by atoms with Crippen molar-refractivity contribution in [2.24, 2.45) is 0 Å². The second kappa shape index (κ2) is 7.68. The predicted molar refractivity (Wildman–Crippen MR) is 118 cm³/mol. The number of hydrogen-bond acceptors (Lipinski definition) is 6. The SMILES string of the molecule is CCc1cnc2ncc(-c3ccn4nc(NC5CCC(N(C)C)CC5)ncc34)cn12. The van der Waals surface area contributed by atoms with Gasteiger partial charge in [-0.3, -0.25) is 4.40 Å². The zero-order chi connectivity index (χ0) is 20.7. The standard InChI is InChI=1S/C22H28N8/c1-4-17-12-25-22-24-11-15(14-29(17)22)19-9-10-30-20(19)13-23-21(27-30)26-16-5-7-18(8-6-16)28(2)3/h9-14,16,18H,4-8H2,1-3H3,(H,26,27). The molecule has 0 aliphatic heterocycles. The normalized spacial score (nSPS) is 19.7. The molecule has 8 heteroatoms. The summed E-state index contributed by atoms with van der Waals surface area (Å²) in [4.78, 5) is 15.8. The van der Waals surface area contributed by atoms with Gasteiger partial charge < -0.3 is 10.2 Å². The lowest BCUT2D eigenvalue weighted by Crippen LogP contribution is -2.36. The smallest absolute Gasteiger partial charge is 0.241 e. The third kappa shape index (κ3) is 3.41. The highest BCUT2D eigenvalue weighted by atomic mass is 15.3. The van der Waals surface area contributed by atoms with E-state index in [2.05, 4.69) is 62.9 Å². The van der Waals surface area contributed by atoms with E-state index in [1.54, 1.807) is 0 Å². The molecular formula is C22H28N8. The Kier molecular flexibility index (Phi) is 4.86. The summed E-state index contributed by atoms with van der Waals surface area (Å²) in [7, 11) is 4.34. The van der Waals surface area contributed by atoms with Crippen molar-refractivity contribution >= 4 is 17.2 Å². The first-order chi connectivity index (χ1) is 14.6. The van der Waals surface area contributed by atoms with E-state index in [0.717, 1.165) is 47.4 Å². The van der Waals surface area contributed by atoms with E-state index in [1.165, 1.54) is 12.8 Å². The molecule has 8 nitrogen and oxygen atoms in total. The van der Waals surface area contributed by atoms with Crippen LogP contribution in [0.2, 0.25) is 0 Å². The first-order valence-corrected chi connectivity index (χ1v) is 10.7. The molecule has 0 saturated heterocycles. The highest BCUT2D eigenvalue weighted by molar-refractivity contribution is 5.79. The van der Waals surface area contributed by atoms with Gasteiger partial charge in [0.25, 0.3) is 0 Å². The first kappa shape index (κ1) is 19.0. The molecule has 1 aliphatic rings. The molecule has 1 aliphatic carbocycles. The highest BCUT2D eigenvalue weighted by Crippen LogP contribution is 2.27. The van der Waals surface area contributed by atoms with Gasteiger partial charge in [-0.05, 0) is 52.3 Å². The molecule has 0 amide bonds. The fraction of sp³-hybridized carbons (Fsp3) is 0.455. The van der Waals surface area contributed by atoms with Crippen molar-refractivity contribution < 1.29 is 0 Å². The van der Waals surface area contributed by atoms with Crippen LogP contribution in [-0.2, 0) is 6.42 Å². The number of hydrogen-bond donors (Lipinski definition) is 1. The lowest BCUT2D eigenvalue weighted by Gasteiger charge is -2.32. The minimum atomic E-state index is 0.439. The molecule has 1 saturated carbocycles. The molecule has 30 heavy (non-hydrogen) atoms. The molecule has 4 heterocycles. The summed E-state index contributed by atoms with van der Waals surface area (Å²) >= 11 is 0. The summed E-state index contributed by atoms with van der Waals surface area (Å²) in [5, 5.41) is 8.23. The average molecular weight is 405 g/mol. The topological polar surface area (TPSA) is 75.7 Å². The molecule has 0 radical (unpaired) electrons. The van der Waals surface area contributed by atoms with Gasteiger partial charge in [0.1, 0.15) is 0 Å². The van der Waals surface area contributed by atoms with Crippen LogP contribution in [0.5, 0.6) is 0 Å². The van der Waals surface area contributed by atoms with Crippen LogP contribution in [0.25, 0.3) is 22.4 Å². The average Bonchev–Trinajstić information content (AvgIpc) is 3.37. The molecule has 0 aromatic carbocycles. The Hall–Kier alpha value is -3.00. The van der Waals surface area contributed by atoms with Crippen molar-refractivity contribution in [3.63, 3.8) is 0 Å². The lowest BCUT2D eigenvalue weighted by molar-refractivity contribution is 0.221. The maximum Gasteiger partial charge on any atom is 0.241 e. The van der Waals surface area contributed by atoms with Crippen molar-refractivity contribution in [2.75, 3.05) is 19.4 Å². The number of imidazole rings is 1. The summed E-state index contributed by atoms with van der Waals surface area (Å²) < 4.78 is 3.95. The van der Waals surface area contributed by atoms with Crippen molar-refractivity contribution in [2.45, 2.75) is 51.1 Å². The summed E-state index contributed by atoms with van der Waals surface area (Å²) in [5.41, 5.74) is 4.22. The van der Waals surface area contributed by atoms with Crippen LogP contribution < -0.4 is 5.32 Å². The fourth-order valence-corrected chi connectivity index (χ4v) is 4.45. The van der Waals surface area contributed by atoms with Crippen LogP contribution in [0, 0.1) is 0 Å². The van der Waals surface area contributed by atoms with Crippen molar-refractivity contribution in [1.82, 2.24) is 33.9 Å². The zero-order valence-electron chi connectivity index (χ0n) is 17.8. The van der Waals surface area contributed by atoms with Crippen LogP contribution >= 0.6 is 0 Å². The minimum absolute atomic E-state index is 0.439. The molecule has 0 bridgehead atoms. The van der Waals surface area contributed by atoms with E-state index < -0.39 is 0 Å². The van der Waals surface area contributed by atoms with Crippen LogP contribution in [0.4, 0.5) is 5.95 Å². The minimum Gasteiger partial charge on any atom is -0.350 e. The molecular weight excluding hydrogens is 376 g/mol. The van der Waals surface area contributed by atoms with Gasteiger partial charge in [0.15, 0.2) is 0 Å². The van der Waals surface area contributed by atoms with Gasteiger partial charge in [-0.2, -0.15) is 0 Å². The fourth-order valence-electron chi connectivity index (χ4n) is 4.45. The lowest BCUT2D eigenvalue weighted by atomic mass is 9.91. The molecule has 4 aromatic heterocycles. The number of aromatic nitrogens is 6. The van der Waals surface area contributed by atoms with Gasteiger partial charge in [-0.25, -0.2) is 19.5 Å². The quantitative estimate of drug-likeness (QED) is 0.550. The van der Waals surface area contributed by atoms with Gasteiger partial charge in [-0.1, -0.05) is 6.92 Å². The third-order valence-electron chi connectivity index (χ3n) is 6.29. The number of nitrogens with one attached hydrogen (secondary N) is 1. The number of fused-ring (bicyclic) bond motifs is 2. The Morgan fingerprint density at radius 3 is 2.63 bits per heavy atom. The largest absolute Gasteiger partial charge is 0.350 e. The Bertz CT molecular complexity index is 1170. The van der Waals surface area contributed by atoms with Gasteiger partial charge in [0, 0.05) is 47.5 Å². The molecule has 4 aromatic rings. The first-order valence-electron chi connectivity index (χ1n) is 10.7. The van der Waals surface area contributed by atoms with Crippen LogP contribution in [0.15, 0.2) is 37.1 Å². The third-order valence-corrected chi connectivity index (χ3v) is 6.29. The van der Waals surface area contributed by atoms with Gasteiger partial charge in [0.05, 0.1) is 17.9 Å². The van der Waals surface area contributed by atoms with E-state index in [4.69, 9.17) is 5.10 Å². The molecule has 0 atom stereocenters. The molecule has 5 rings (SSSR count). The zero-order valence-corrected chi connectivity index (χ0v) is 17.8. The monoisotopic (exact) mass is 404 g/mol. The summed E-state index contributed by atoms with van der Waals surface area (Å²) in [6.07, 6.45) is 15.4. The molecule has 156 valence electrons.